The minimum atomic E-state index is -0.0274. The summed E-state index contributed by atoms with van der Waals surface area (Å²) in [6.45, 7) is 9.66. The molecule has 1 aromatic rings. The van der Waals surface area contributed by atoms with Crippen molar-refractivity contribution in [3.63, 3.8) is 0 Å². The van der Waals surface area contributed by atoms with E-state index in [2.05, 4.69) is 35.7 Å². The van der Waals surface area contributed by atoms with Crippen molar-refractivity contribution in [2.45, 2.75) is 19.8 Å². The van der Waals surface area contributed by atoms with Gasteiger partial charge in [-0.05, 0) is 54.5 Å². The molecule has 1 aromatic carbocycles. The summed E-state index contributed by atoms with van der Waals surface area (Å²) in [6, 6.07) is 7.80. The molecule has 0 aromatic heterocycles. The smallest absolute Gasteiger partial charge is 0.253 e. The quantitative estimate of drug-likeness (QED) is 0.441. The highest BCUT2D eigenvalue weighted by atomic mass is 127. The highest BCUT2D eigenvalue weighted by Gasteiger charge is 2.15. The second-order valence-electron chi connectivity index (χ2n) is 4.38. The molecule has 0 radical (unpaired) electrons. The van der Waals surface area contributed by atoms with E-state index < -0.39 is 0 Å². The van der Waals surface area contributed by atoms with Crippen LogP contribution in [0, 0.1) is 3.57 Å². The summed E-state index contributed by atoms with van der Waals surface area (Å²) >= 11 is 2.23. The average molecular weight is 355 g/mol. The molecule has 0 spiro atoms. The summed E-state index contributed by atoms with van der Waals surface area (Å²) in [4.78, 5) is 13.9. The Morgan fingerprint density at radius 3 is 2.44 bits per heavy atom. The number of amides is 1. The lowest BCUT2D eigenvalue weighted by atomic mass is 10.1. The molecule has 0 atom stereocenters. The Hall–Kier alpha value is -1.10. The van der Waals surface area contributed by atoms with Gasteiger partial charge in [0.25, 0.3) is 5.91 Å². The zero-order chi connectivity index (χ0) is 13.7. The SMILES string of the molecule is C=C(C)CCC(=C)C(=O)N(C)c1ccccc1I. The van der Waals surface area contributed by atoms with Gasteiger partial charge in [0.15, 0.2) is 0 Å². The lowest BCUT2D eigenvalue weighted by molar-refractivity contribution is -0.115. The predicted molar refractivity (Wildman–Crippen MR) is 85.8 cm³/mol. The van der Waals surface area contributed by atoms with Crippen LogP contribution in [0.15, 0.2) is 48.6 Å². The number of nitrogens with zero attached hydrogens (tertiary/aromatic N) is 1. The van der Waals surface area contributed by atoms with Crippen molar-refractivity contribution in [2.24, 2.45) is 0 Å². The fourth-order valence-corrected chi connectivity index (χ4v) is 2.29. The number of halogens is 1. The maximum Gasteiger partial charge on any atom is 0.253 e. The maximum absolute atomic E-state index is 12.2. The second-order valence-corrected chi connectivity index (χ2v) is 5.54. The molecule has 0 unspecified atom stereocenters. The van der Waals surface area contributed by atoms with Crippen molar-refractivity contribution >= 4 is 34.2 Å². The van der Waals surface area contributed by atoms with Crippen LogP contribution in [0.25, 0.3) is 0 Å². The zero-order valence-corrected chi connectivity index (χ0v) is 13.0. The van der Waals surface area contributed by atoms with Gasteiger partial charge in [-0.2, -0.15) is 0 Å². The van der Waals surface area contributed by atoms with Crippen LogP contribution in [0.4, 0.5) is 5.69 Å². The van der Waals surface area contributed by atoms with Crippen LogP contribution in [-0.2, 0) is 4.79 Å². The number of benzene rings is 1. The molecular weight excluding hydrogens is 337 g/mol. The van der Waals surface area contributed by atoms with Crippen LogP contribution >= 0.6 is 22.6 Å². The van der Waals surface area contributed by atoms with Crippen LogP contribution in [0.2, 0.25) is 0 Å². The van der Waals surface area contributed by atoms with Crippen molar-refractivity contribution < 1.29 is 4.79 Å². The normalized spacial score (nSPS) is 9.94. The Morgan fingerprint density at radius 1 is 1.28 bits per heavy atom. The number of carbonyl (C=O) groups is 1. The first-order valence-corrected chi connectivity index (χ1v) is 6.86. The van der Waals surface area contributed by atoms with Gasteiger partial charge in [-0.1, -0.05) is 24.3 Å². The van der Waals surface area contributed by atoms with Crippen LogP contribution in [0.3, 0.4) is 0 Å². The number of para-hydroxylation sites is 1. The van der Waals surface area contributed by atoms with Gasteiger partial charge in [-0.15, -0.1) is 6.58 Å². The summed E-state index contributed by atoms with van der Waals surface area (Å²) in [5.74, 6) is -0.0274. The molecule has 0 bridgehead atoms. The van der Waals surface area contributed by atoms with E-state index in [0.717, 1.165) is 21.3 Å². The van der Waals surface area contributed by atoms with Gasteiger partial charge in [-0.3, -0.25) is 4.79 Å². The topological polar surface area (TPSA) is 20.3 Å². The Morgan fingerprint density at radius 2 is 1.89 bits per heavy atom. The minimum absolute atomic E-state index is 0.0274. The number of rotatable bonds is 5. The number of anilines is 1. The van der Waals surface area contributed by atoms with Gasteiger partial charge in [-0.25, -0.2) is 0 Å². The van der Waals surface area contributed by atoms with Gasteiger partial charge in [0, 0.05) is 16.2 Å². The lowest BCUT2D eigenvalue weighted by Crippen LogP contribution is -2.28. The van der Waals surface area contributed by atoms with Crippen LogP contribution < -0.4 is 4.90 Å². The Bertz CT molecular complexity index is 479. The minimum Gasteiger partial charge on any atom is -0.311 e. The van der Waals surface area contributed by atoms with Gasteiger partial charge in [0.05, 0.1) is 5.69 Å². The molecule has 0 aliphatic rings. The third-order valence-corrected chi connectivity index (χ3v) is 3.59. The molecule has 1 amide bonds. The Kier molecular flexibility index (Phi) is 5.59. The molecule has 0 N–H and O–H groups in total. The number of hydrogen-bond acceptors (Lipinski definition) is 1. The second kappa shape index (κ2) is 6.73. The standard InChI is InChI=1S/C15H18INO/c1-11(2)9-10-12(3)15(18)17(4)14-8-6-5-7-13(14)16/h5-8H,1,3,9-10H2,2,4H3. The maximum atomic E-state index is 12.2. The van der Waals surface area contributed by atoms with Crippen molar-refractivity contribution in [3.05, 3.63) is 52.1 Å². The van der Waals surface area contributed by atoms with E-state index in [-0.39, 0.29) is 5.91 Å². The summed E-state index contributed by atoms with van der Waals surface area (Å²) in [5.41, 5.74) is 2.61. The van der Waals surface area contributed by atoms with Crippen LogP contribution in [0.1, 0.15) is 19.8 Å². The number of likely N-dealkylation sites (N-methyl/N-ethyl adjacent to an activating group) is 1. The largest absolute Gasteiger partial charge is 0.311 e. The lowest BCUT2D eigenvalue weighted by Gasteiger charge is -2.20. The number of carbonyl (C=O) groups excluding carboxylic acids is 1. The van der Waals surface area contributed by atoms with Crippen LogP contribution in [0.5, 0.6) is 0 Å². The summed E-state index contributed by atoms with van der Waals surface area (Å²) in [7, 11) is 1.78. The van der Waals surface area contributed by atoms with E-state index in [1.54, 1.807) is 11.9 Å². The van der Waals surface area contributed by atoms with Gasteiger partial charge >= 0.3 is 0 Å². The van der Waals surface area contributed by atoms with Crippen molar-refractivity contribution in [1.29, 1.82) is 0 Å². The fraction of sp³-hybridized carbons (Fsp3) is 0.267. The molecule has 0 fully saturated rings. The molecule has 96 valence electrons. The molecule has 1 rings (SSSR count). The monoisotopic (exact) mass is 355 g/mol. The first kappa shape index (κ1) is 15.0. The van der Waals surface area contributed by atoms with E-state index in [0.29, 0.717) is 12.0 Å². The summed E-state index contributed by atoms with van der Waals surface area (Å²) in [5, 5.41) is 0. The van der Waals surface area contributed by atoms with Crippen molar-refractivity contribution in [3.8, 4) is 0 Å². The Labute approximate surface area is 123 Å². The van der Waals surface area contributed by atoms with Crippen molar-refractivity contribution in [1.82, 2.24) is 0 Å². The van der Waals surface area contributed by atoms with E-state index in [4.69, 9.17) is 0 Å². The van der Waals surface area contributed by atoms with Gasteiger partial charge in [0.1, 0.15) is 0 Å². The summed E-state index contributed by atoms with van der Waals surface area (Å²) < 4.78 is 1.05. The third kappa shape index (κ3) is 3.98. The van der Waals surface area contributed by atoms with Gasteiger partial charge < -0.3 is 4.90 Å². The zero-order valence-electron chi connectivity index (χ0n) is 10.9. The van der Waals surface area contributed by atoms with Crippen LogP contribution in [-0.4, -0.2) is 13.0 Å². The molecule has 0 saturated heterocycles. The molecule has 3 heteroatoms. The first-order valence-electron chi connectivity index (χ1n) is 5.78. The molecule has 0 aliphatic heterocycles. The third-order valence-electron chi connectivity index (χ3n) is 2.67. The number of hydrogen-bond donors (Lipinski definition) is 0. The van der Waals surface area contributed by atoms with E-state index in [1.165, 1.54) is 0 Å². The highest BCUT2D eigenvalue weighted by Crippen LogP contribution is 2.23. The van der Waals surface area contributed by atoms with E-state index >= 15 is 0 Å². The van der Waals surface area contributed by atoms with Crippen molar-refractivity contribution in [2.75, 3.05) is 11.9 Å². The average Bonchev–Trinajstić information content (AvgIpc) is 2.34. The number of allylic oxidation sites excluding steroid dienone is 1. The molecule has 18 heavy (non-hydrogen) atoms. The molecule has 2 nitrogen and oxygen atoms in total. The van der Waals surface area contributed by atoms with E-state index in [1.807, 2.05) is 31.2 Å². The Balaban J connectivity index is 2.75. The predicted octanol–water partition coefficient (Wildman–Crippen LogP) is 4.17. The highest BCUT2D eigenvalue weighted by molar-refractivity contribution is 14.1. The molecule has 0 aliphatic carbocycles. The van der Waals surface area contributed by atoms with Gasteiger partial charge in [0.2, 0.25) is 0 Å². The first-order chi connectivity index (χ1) is 8.43. The fourth-order valence-electron chi connectivity index (χ4n) is 1.54. The van der Waals surface area contributed by atoms with E-state index in [9.17, 15) is 4.79 Å². The molecule has 0 saturated carbocycles. The molecular formula is C15H18INO. The molecule has 0 heterocycles. The summed E-state index contributed by atoms with van der Waals surface area (Å²) in [6.07, 6.45) is 1.48.